The lowest BCUT2D eigenvalue weighted by Gasteiger charge is -2.30. The van der Waals surface area contributed by atoms with Gasteiger partial charge in [-0.1, -0.05) is 18.5 Å². The Balaban J connectivity index is 1.87. The molecule has 1 aromatic carbocycles. The summed E-state index contributed by atoms with van der Waals surface area (Å²) in [5.41, 5.74) is 0. The smallest absolute Gasteiger partial charge is 0.119 e. The van der Waals surface area contributed by atoms with E-state index in [0.717, 1.165) is 37.0 Å². The van der Waals surface area contributed by atoms with Crippen molar-refractivity contribution in [1.29, 1.82) is 0 Å². The Kier molecular flexibility index (Phi) is 5.95. The van der Waals surface area contributed by atoms with Gasteiger partial charge in [0.25, 0.3) is 0 Å². The van der Waals surface area contributed by atoms with Gasteiger partial charge in [-0.05, 0) is 43.7 Å². The summed E-state index contributed by atoms with van der Waals surface area (Å²) in [6.45, 7) is 5.47. The van der Waals surface area contributed by atoms with Gasteiger partial charge in [0, 0.05) is 23.6 Å². The van der Waals surface area contributed by atoms with E-state index in [-0.39, 0.29) is 0 Å². The topological polar surface area (TPSA) is 30.5 Å². The summed E-state index contributed by atoms with van der Waals surface area (Å²) in [6, 6.07) is 7.86. The molecule has 4 heteroatoms. The molecule has 1 heterocycles. The van der Waals surface area contributed by atoms with Crippen LogP contribution in [0, 0.1) is 5.92 Å². The first-order chi connectivity index (χ1) is 9.29. The van der Waals surface area contributed by atoms with Gasteiger partial charge < -0.3 is 14.8 Å². The van der Waals surface area contributed by atoms with E-state index in [0.29, 0.717) is 18.6 Å². The van der Waals surface area contributed by atoms with E-state index >= 15 is 0 Å². The molecule has 0 saturated carbocycles. The molecule has 1 N–H and O–H groups in total. The van der Waals surface area contributed by atoms with Crippen molar-refractivity contribution < 1.29 is 9.47 Å². The molecule has 19 heavy (non-hydrogen) atoms. The highest BCUT2D eigenvalue weighted by atomic mass is 35.5. The lowest BCUT2D eigenvalue weighted by atomic mass is 9.94. The minimum Gasteiger partial charge on any atom is -0.492 e. The van der Waals surface area contributed by atoms with Crippen molar-refractivity contribution in [3.8, 4) is 5.75 Å². The van der Waals surface area contributed by atoms with Gasteiger partial charge in [-0.15, -0.1) is 0 Å². The van der Waals surface area contributed by atoms with Gasteiger partial charge >= 0.3 is 0 Å². The number of rotatable bonds is 6. The molecule has 0 aliphatic carbocycles. The van der Waals surface area contributed by atoms with Crippen LogP contribution in [0.1, 0.15) is 19.8 Å². The molecule has 1 saturated heterocycles. The van der Waals surface area contributed by atoms with Crippen LogP contribution in [0.25, 0.3) is 0 Å². The summed E-state index contributed by atoms with van der Waals surface area (Å²) in [6.07, 6.45) is 2.36. The second kappa shape index (κ2) is 7.73. The van der Waals surface area contributed by atoms with E-state index in [2.05, 4.69) is 12.2 Å². The van der Waals surface area contributed by atoms with Gasteiger partial charge in [-0.2, -0.15) is 0 Å². The first kappa shape index (κ1) is 14.6. The molecule has 0 bridgehead atoms. The lowest BCUT2D eigenvalue weighted by molar-refractivity contribution is 0.0310. The molecule has 1 aliphatic heterocycles. The van der Waals surface area contributed by atoms with Crippen molar-refractivity contribution in [2.24, 2.45) is 5.92 Å². The molecule has 1 fully saturated rings. The summed E-state index contributed by atoms with van der Waals surface area (Å²) < 4.78 is 11.4. The summed E-state index contributed by atoms with van der Waals surface area (Å²) >= 11 is 5.86. The summed E-state index contributed by atoms with van der Waals surface area (Å²) in [4.78, 5) is 0. The largest absolute Gasteiger partial charge is 0.492 e. The fraction of sp³-hybridized carbons (Fsp3) is 0.600. The maximum atomic E-state index is 5.86. The van der Waals surface area contributed by atoms with Crippen molar-refractivity contribution >= 4 is 11.6 Å². The number of hydrogen-bond donors (Lipinski definition) is 1. The summed E-state index contributed by atoms with van der Waals surface area (Å²) in [5, 5.41) is 4.24. The Labute approximate surface area is 120 Å². The molecule has 1 aliphatic rings. The second-order valence-corrected chi connectivity index (χ2v) is 5.34. The van der Waals surface area contributed by atoms with Crippen LogP contribution in [0.4, 0.5) is 0 Å². The average Bonchev–Trinajstić information content (AvgIpc) is 2.46. The predicted octanol–water partition coefficient (Wildman–Crippen LogP) is 3.12. The molecule has 0 radical (unpaired) electrons. The molecular formula is C15H22ClNO2. The quantitative estimate of drug-likeness (QED) is 0.870. The molecule has 3 nitrogen and oxygen atoms in total. The van der Waals surface area contributed by atoms with E-state index < -0.39 is 0 Å². The molecule has 0 aromatic heterocycles. The highest BCUT2D eigenvalue weighted by Crippen LogP contribution is 2.20. The van der Waals surface area contributed by atoms with Crippen LogP contribution in [0.2, 0.25) is 5.02 Å². The standard InChI is InChI=1S/C15H22ClNO2/c1-2-17-15(12-4-3-9-18-10-12)11-19-14-7-5-13(16)6-8-14/h5-8,12,15,17H,2-4,9-11H2,1H3. The first-order valence-electron chi connectivity index (χ1n) is 6.99. The predicted molar refractivity (Wildman–Crippen MR) is 78.0 cm³/mol. The Morgan fingerprint density at radius 2 is 2.21 bits per heavy atom. The van der Waals surface area contributed by atoms with Gasteiger partial charge in [0.1, 0.15) is 12.4 Å². The number of ether oxygens (including phenoxy) is 2. The molecule has 106 valence electrons. The second-order valence-electron chi connectivity index (χ2n) is 4.91. The molecule has 1 aromatic rings. The Bertz CT molecular complexity index is 363. The first-order valence-corrected chi connectivity index (χ1v) is 7.37. The zero-order valence-corrected chi connectivity index (χ0v) is 12.2. The minimum absolute atomic E-state index is 0.348. The normalized spacial score (nSPS) is 21.1. The summed E-state index contributed by atoms with van der Waals surface area (Å²) in [5.74, 6) is 1.41. The van der Waals surface area contributed by atoms with Crippen LogP contribution in [0.3, 0.4) is 0 Å². The monoisotopic (exact) mass is 283 g/mol. The zero-order valence-electron chi connectivity index (χ0n) is 11.4. The molecule has 2 unspecified atom stereocenters. The van der Waals surface area contributed by atoms with Crippen molar-refractivity contribution in [2.45, 2.75) is 25.8 Å². The van der Waals surface area contributed by atoms with Gasteiger partial charge in [-0.3, -0.25) is 0 Å². The van der Waals surface area contributed by atoms with Gasteiger partial charge in [0.15, 0.2) is 0 Å². The molecule has 0 spiro atoms. The highest BCUT2D eigenvalue weighted by molar-refractivity contribution is 6.30. The van der Waals surface area contributed by atoms with Gasteiger partial charge in [-0.25, -0.2) is 0 Å². The number of nitrogens with one attached hydrogen (secondary N) is 1. The van der Waals surface area contributed by atoms with Crippen LogP contribution in [-0.4, -0.2) is 32.4 Å². The maximum Gasteiger partial charge on any atom is 0.119 e. The fourth-order valence-electron chi connectivity index (χ4n) is 2.42. The number of benzene rings is 1. The van der Waals surface area contributed by atoms with E-state index in [1.165, 1.54) is 6.42 Å². The SMILES string of the molecule is CCNC(COc1ccc(Cl)cc1)C1CCCOC1. The minimum atomic E-state index is 0.348. The van der Waals surface area contributed by atoms with Crippen LogP contribution in [-0.2, 0) is 4.74 Å². The van der Waals surface area contributed by atoms with Crippen LogP contribution < -0.4 is 10.1 Å². The number of likely N-dealkylation sites (N-methyl/N-ethyl adjacent to an activating group) is 1. The van der Waals surface area contributed by atoms with Crippen molar-refractivity contribution in [3.63, 3.8) is 0 Å². The third-order valence-electron chi connectivity index (χ3n) is 3.47. The number of halogens is 1. The van der Waals surface area contributed by atoms with Gasteiger partial charge in [0.05, 0.1) is 6.61 Å². The molecule has 2 atom stereocenters. The third kappa shape index (κ3) is 4.68. The molecule has 0 amide bonds. The molecular weight excluding hydrogens is 262 g/mol. The van der Waals surface area contributed by atoms with E-state index in [1.54, 1.807) is 0 Å². The van der Waals surface area contributed by atoms with Crippen molar-refractivity contribution in [1.82, 2.24) is 5.32 Å². The Morgan fingerprint density at radius 3 is 2.84 bits per heavy atom. The average molecular weight is 284 g/mol. The lowest BCUT2D eigenvalue weighted by Crippen LogP contribution is -2.44. The fourth-order valence-corrected chi connectivity index (χ4v) is 2.55. The van der Waals surface area contributed by atoms with Crippen molar-refractivity contribution in [2.75, 3.05) is 26.4 Å². The van der Waals surface area contributed by atoms with Crippen LogP contribution >= 0.6 is 11.6 Å². The molecule has 2 rings (SSSR count). The van der Waals surface area contributed by atoms with E-state index in [9.17, 15) is 0 Å². The van der Waals surface area contributed by atoms with Crippen molar-refractivity contribution in [3.05, 3.63) is 29.3 Å². The maximum absolute atomic E-state index is 5.86. The van der Waals surface area contributed by atoms with E-state index in [1.807, 2.05) is 24.3 Å². The van der Waals surface area contributed by atoms with Crippen LogP contribution in [0.15, 0.2) is 24.3 Å². The van der Waals surface area contributed by atoms with E-state index in [4.69, 9.17) is 21.1 Å². The summed E-state index contributed by atoms with van der Waals surface area (Å²) in [7, 11) is 0. The third-order valence-corrected chi connectivity index (χ3v) is 3.73. The Morgan fingerprint density at radius 1 is 1.42 bits per heavy atom. The highest BCUT2D eigenvalue weighted by Gasteiger charge is 2.24. The number of hydrogen-bond acceptors (Lipinski definition) is 3. The zero-order chi connectivity index (χ0) is 13.5. The van der Waals surface area contributed by atoms with Crippen LogP contribution in [0.5, 0.6) is 5.75 Å². The Hall–Kier alpha value is -0.770. The van der Waals surface area contributed by atoms with Gasteiger partial charge in [0.2, 0.25) is 0 Å².